The number of carbonyl (C=O) groups is 3. The Balaban J connectivity index is 1.35. The molecule has 0 radical (unpaired) electrons. The van der Waals surface area contributed by atoms with Gasteiger partial charge in [-0.3, -0.25) is 9.59 Å². The van der Waals surface area contributed by atoms with Gasteiger partial charge in [0.25, 0.3) is 5.91 Å². The number of nitrogens with zero attached hydrogens (tertiary/aromatic N) is 3. The molecule has 2 aromatic rings. The molecule has 1 saturated heterocycles. The van der Waals surface area contributed by atoms with Gasteiger partial charge >= 0.3 is 12.1 Å². The molecule has 0 atom stereocenters. The fraction of sp³-hybridized carbons (Fsp3) is 0.500. The summed E-state index contributed by atoms with van der Waals surface area (Å²) in [4.78, 5) is 40.7. The third kappa shape index (κ3) is 7.85. The Bertz CT molecular complexity index is 1360. The lowest BCUT2D eigenvalue weighted by Gasteiger charge is -2.35. The van der Waals surface area contributed by atoms with Gasteiger partial charge in [0, 0.05) is 38.3 Å². The number of carbonyl (C=O) groups excluding carboxylic acids is 2. The summed E-state index contributed by atoms with van der Waals surface area (Å²) in [6.07, 6.45) is 2.97. The van der Waals surface area contributed by atoms with Crippen LogP contribution in [-0.2, 0) is 32.5 Å². The van der Waals surface area contributed by atoms with Crippen molar-refractivity contribution in [2.24, 2.45) is 5.92 Å². The molecule has 2 heterocycles. The zero-order valence-electron chi connectivity index (χ0n) is 23.9. The number of hydrogen-bond donors (Lipinski definition) is 1. The van der Waals surface area contributed by atoms with E-state index in [0.29, 0.717) is 49.6 Å². The molecule has 1 fully saturated rings. The molecule has 0 aromatic heterocycles. The zero-order chi connectivity index (χ0) is 29.8. The van der Waals surface area contributed by atoms with Gasteiger partial charge in [-0.05, 0) is 81.7 Å². The third-order valence-corrected chi connectivity index (χ3v) is 9.27. The number of fused-ring (bicyclic) bond motifs is 1. The second kappa shape index (κ2) is 12.6. The Labute approximate surface area is 241 Å². The van der Waals surface area contributed by atoms with E-state index in [-0.39, 0.29) is 23.4 Å². The van der Waals surface area contributed by atoms with Gasteiger partial charge in [0.15, 0.2) is 0 Å². The summed E-state index contributed by atoms with van der Waals surface area (Å²) in [6.45, 7) is 7.29. The van der Waals surface area contributed by atoms with Crippen molar-refractivity contribution in [1.82, 2.24) is 14.1 Å². The van der Waals surface area contributed by atoms with Crippen LogP contribution in [-0.4, -0.2) is 83.9 Å². The van der Waals surface area contributed by atoms with Gasteiger partial charge in [-0.2, -0.15) is 4.31 Å². The van der Waals surface area contributed by atoms with E-state index in [9.17, 15) is 27.9 Å². The van der Waals surface area contributed by atoms with Crippen LogP contribution >= 0.6 is 0 Å². The molecule has 2 aromatic carbocycles. The van der Waals surface area contributed by atoms with Crippen LogP contribution in [0.4, 0.5) is 4.79 Å². The fourth-order valence-corrected chi connectivity index (χ4v) is 6.69. The minimum absolute atomic E-state index is 0.0283. The molecular weight excluding hydrogens is 546 g/mol. The minimum atomic E-state index is -4.02. The molecule has 0 bridgehead atoms. The second-order valence-corrected chi connectivity index (χ2v) is 13.7. The Morgan fingerprint density at radius 2 is 1.73 bits per heavy atom. The molecule has 0 unspecified atom stereocenters. The number of hydrogen-bond acceptors (Lipinski definition) is 6. The van der Waals surface area contributed by atoms with Gasteiger partial charge in [-0.15, -0.1) is 0 Å². The number of ether oxygens (including phenoxy) is 1. The van der Waals surface area contributed by atoms with Crippen LogP contribution in [0.1, 0.15) is 61.5 Å². The van der Waals surface area contributed by atoms with Gasteiger partial charge in [0.1, 0.15) is 12.1 Å². The molecule has 0 saturated carbocycles. The van der Waals surface area contributed by atoms with Crippen molar-refractivity contribution in [2.75, 3.05) is 32.7 Å². The first kappa shape index (κ1) is 30.5. The van der Waals surface area contributed by atoms with Crippen molar-refractivity contribution >= 4 is 28.0 Å². The summed E-state index contributed by atoms with van der Waals surface area (Å²) in [7, 11) is -4.02. The quantitative estimate of drug-likeness (QED) is 0.472. The SMILES string of the molecule is CC(C)(C)OC(=O)N1CCC(CCN2CCc3cc(CN(CC(=O)O)S(=O)(=O)c4ccccc4)ccc3C2=O)CC1. The summed E-state index contributed by atoms with van der Waals surface area (Å²) in [5.74, 6) is -0.871. The van der Waals surface area contributed by atoms with Crippen LogP contribution in [0.2, 0.25) is 0 Å². The van der Waals surface area contributed by atoms with Gasteiger partial charge in [-0.1, -0.05) is 30.3 Å². The van der Waals surface area contributed by atoms with Crippen LogP contribution in [0.15, 0.2) is 53.4 Å². The van der Waals surface area contributed by atoms with Crippen LogP contribution < -0.4 is 0 Å². The molecule has 2 aliphatic heterocycles. The van der Waals surface area contributed by atoms with E-state index in [0.717, 1.165) is 29.1 Å². The highest BCUT2D eigenvalue weighted by Gasteiger charge is 2.30. The highest BCUT2D eigenvalue weighted by atomic mass is 32.2. The average molecular weight is 586 g/mol. The average Bonchev–Trinajstić information content (AvgIpc) is 2.92. The molecule has 41 heavy (non-hydrogen) atoms. The number of carboxylic acid groups (broad SMARTS) is 1. The molecule has 222 valence electrons. The number of piperidine rings is 1. The minimum Gasteiger partial charge on any atom is -0.480 e. The van der Waals surface area contributed by atoms with E-state index in [1.165, 1.54) is 12.1 Å². The van der Waals surface area contributed by atoms with E-state index < -0.39 is 28.1 Å². The molecule has 11 heteroatoms. The highest BCUT2D eigenvalue weighted by molar-refractivity contribution is 7.89. The lowest BCUT2D eigenvalue weighted by molar-refractivity contribution is -0.137. The number of amides is 2. The van der Waals surface area contributed by atoms with Crippen molar-refractivity contribution in [3.8, 4) is 0 Å². The van der Waals surface area contributed by atoms with Gasteiger partial charge in [-0.25, -0.2) is 13.2 Å². The van der Waals surface area contributed by atoms with E-state index in [1.807, 2.05) is 31.7 Å². The van der Waals surface area contributed by atoms with Gasteiger partial charge < -0.3 is 19.6 Å². The number of sulfonamides is 1. The number of rotatable bonds is 9. The van der Waals surface area contributed by atoms with Crippen molar-refractivity contribution in [3.05, 3.63) is 65.2 Å². The Kier molecular flexibility index (Phi) is 9.38. The Morgan fingerprint density at radius 1 is 1.05 bits per heavy atom. The maximum Gasteiger partial charge on any atom is 0.410 e. The summed E-state index contributed by atoms with van der Waals surface area (Å²) in [5.41, 5.74) is 1.54. The van der Waals surface area contributed by atoms with E-state index in [1.54, 1.807) is 35.2 Å². The number of carboxylic acids is 1. The molecule has 10 nitrogen and oxygen atoms in total. The number of aliphatic carboxylic acids is 1. The van der Waals surface area contributed by atoms with E-state index in [2.05, 4.69) is 0 Å². The summed E-state index contributed by atoms with van der Waals surface area (Å²) >= 11 is 0. The van der Waals surface area contributed by atoms with Gasteiger partial charge in [0.05, 0.1) is 4.90 Å². The fourth-order valence-electron chi connectivity index (χ4n) is 5.29. The summed E-state index contributed by atoms with van der Waals surface area (Å²) in [6, 6.07) is 13.0. The lowest BCUT2D eigenvalue weighted by Crippen LogP contribution is -2.43. The standard InChI is InChI=1S/C30H39N3O7S/c1-30(2,3)40-29(37)32-16-12-22(13-17-32)11-15-31-18-14-24-19-23(9-10-26(24)28(31)36)20-33(21-27(34)35)41(38,39)25-7-5-4-6-8-25/h4-10,19,22H,11-18,20-21H2,1-3H3,(H,34,35). The molecular formula is C30H39N3O7S. The van der Waals surface area contributed by atoms with E-state index in [4.69, 9.17) is 4.74 Å². The van der Waals surface area contributed by atoms with Crippen molar-refractivity contribution in [3.63, 3.8) is 0 Å². The Hall–Kier alpha value is -3.44. The first-order valence-electron chi connectivity index (χ1n) is 14.0. The number of benzene rings is 2. The van der Waals surface area contributed by atoms with Crippen LogP contribution in [0.25, 0.3) is 0 Å². The lowest BCUT2D eigenvalue weighted by atomic mass is 9.92. The largest absolute Gasteiger partial charge is 0.480 e. The normalized spacial score (nSPS) is 16.5. The first-order valence-corrected chi connectivity index (χ1v) is 15.4. The number of likely N-dealkylation sites (tertiary alicyclic amines) is 1. The van der Waals surface area contributed by atoms with Crippen molar-refractivity contribution < 1.29 is 32.6 Å². The molecule has 2 aliphatic rings. The highest BCUT2D eigenvalue weighted by Crippen LogP contribution is 2.26. The van der Waals surface area contributed by atoms with Crippen LogP contribution in [0, 0.1) is 5.92 Å². The molecule has 0 spiro atoms. The van der Waals surface area contributed by atoms with E-state index >= 15 is 0 Å². The second-order valence-electron chi connectivity index (χ2n) is 11.7. The maximum atomic E-state index is 13.3. The van der Waals surface area contributed by atoms with Crippen LogP contribution in [0.3, 0.4) is 0 Å². The topological polar surface area (TPSA) is 125 Å². The molecule has 1 N–H and O–H groups in total. The predicted octanol–water partition coefficient (Wildman–Crippen LogP) is 4.00. The smallest absolute Gasteiger partial charge is 0.410 e. The Morgan fingerprint density at radius 3 is 2.37 bits per heavy atom. The maximum absolute atomic E-state index is 13.3. The monoisotopic (exact) mass is 585 g/mol. The summed E-state index contributed by atoms with van der Waals surface area (Å²) < 4.78 is 32.7. The zero-order valence-corrected chi connectivity index (χ0v) is 24.7. The van der Waals surface area contributed by atoms with Crippen LogP contribution in [0.5, 0.6) is 0 Å². The van der Waals surface area contributed by atoms with Crippen molar-refractivity contribution in [2.45, 2.75) is 63.5 Å². The third-order valence-electron chi connectivity index (χ3n) is 7.46. The molecule has 0 aliphatic carbocycles. The predicted molar refractivity (Wildman–Crippen MR) is 153 cm³/mol. The molecule has 4 rings (SSSR count). The summed E-state index contributed by atoms with van der Waals surface area (Å²) in [5, 5.41) is 9.37. The van der Waals surface area contributed by atoms with Crippen molar-refractivity contribution in [1.29, 1.82) is 0 Å². The first-order chi connectivity index (χ1) is 19.3. The van der Waals surface area contributed by atoms with Gasteiger partial charge in [0.2, 0.25) is 10.0 Å². The molecule has 2 amide bonds.